The number of ether oxygens (including phenoxy) is 2. The molecule has 1 aromatic carbocycles. The van der Waals surface area contributed by atoms with Gasteiger partial charge in [0.25, 0.3) is 0 Å². The molecule has 10 nitrogen and oxygen atoms in total. The molecular formula is C32H45N3O7. The summed E-state index contributed by atoms with van der Waals surface area (Å²) in [5.41, 5.74) is 0.829. The standard InChI is InChI=1S/C32H45N3O7/c36-20-27-15-9-17-35(27)29(37)19-25-14-7-8-16-28(34-32(40)42-21-24-12-5-2-6-13-24)31(39)41-22-26(33-30(25)38)18-23-10-3-1-4-11-23/h2,5-8,12-13,23,25-28,36H,1,3-4,9-11,14-22H2,(H,33,38)(H,34,40). The summed E-state index contributed by atoms with van der Waals surface area (Å²) in [7, 11) is 0. The van der Waals surface area contributed by atoms with Gasteiger partial charge in [-0.1, -0.05) is 74.6 Å². The average molecular weight is 584 g/mol. The quantitative estimate of drug-likeness (QED) is 0.314. The van der Waals surface area contributed by atoms with Gasteiger partial charge in [-0.25, -0.2) is 9.59 Å². The highest BCUT2D eigenvalue weighted by Gasteiger charge is 2.33. The van der Waals surface area contributed by atoms with Crippen LogP contribution in [0, 0.1) is 11.8 Å². The van der Waals surface area contributed by atoms with Crippen molar-refractivity contribution in [1.29, 1.82) is 0 Å². The fourth-order valence-electron chi connectivity index (χ4n) is 6.18. The first kappa shape index (κ1) is 31.5. The Morgan fingerprint density at radius 2 is 1.79 bits per heavy atom. The molecule has 1 aliphatic carbocycles. The molecule has 3 amide bonds. The minimum Gasteiger partial charge on any atom is -0.462 e. The topological polar surface area (TPSA) is 134 Å². The summed E-state index contributed by atoms with van der Waals surface area (Å²) in [5, 5.41) is 15.4. The van der Waals surface area contributed by atoms with Gasteiger partial charge in [-0.15, -0.1) is 0 Å². The number of allylic oxidation sites excluding steroid dienone is 1. The second kappa shape index (κ2) is 16.3. The molecule has 4 unspecified atom stereocenters. The number of hydrogen-bond acceptors (Lipinski definition) is 7. The Morgan fingerprint density at radius 3 is 2.55 bits per heavy atom. The molecule has 1 saturated carbocycles. The lowest BCUT2D eigenvalue weighted by molar-refractivity contribution is -0.147. The van der Waals surface area contributed by atoms with Crippen LogP contribution in [0.4, 0.5) is 4.79 Å². The molecule has 2 aliphatic heterocycles. The van der Waals surface area contributed by atoms with Gasteiger partial charge in [0.1, 0.15) is 19.3 Å². The highest BCUT2D eigenvalue weighted by molar-refractivity contribution is 5.86. The van der Waals surface area contributed by atoms with Crippen molar-refractivity contribution in [3.05, 3.63) is 48.0 Å². The van der Waals surface area contributed by atoms with Crippen LogP contribution in [0.25, 0.3) is 0 Å². The lowest BCUT2D eigenvalue weighted by Crippen LogP contribution is -2.47. The Hall–Kier alpha value is -3.40. The fraction of sp³-hybridized carbons (Fsp3) is 0.625. The van der Waals surface area contributed by atoms with E-state index in [4.69, 9.17) is 9.47 Å². The van der Waals surface area contributed by atoms with Crippen LogP contribution in [0.3, 0.4) is 0 Å². The number of hydrogen-bond donors (Lipinski definition) is 3. The zero-order chi connectivity index (χ0) is 29.7. The summed E-state index contributed by atoms with van der Waals surface area (Å²) in [5.74, 6) is -1.13. The number of carbonyl (C=O) groups excluding carboxylic acids is 4. The maximum Gasteiger partial charge on any atom is 0.408 e. The molecule has 42 heavy (non-hydrogen) atoms. The van der Waals surface area contributed by atoms with E-state index in [2.05, 4.69) is 10.6 Å². The average Bonchev–Trinajstić information content (AvgIpc) is 3.49. The van der Waals surface area contributed by atoms with Crippen molar-refractivity contribution >= 4 is 23.9 Å². The minimum atomic E-state index is -0.954. The molecule has 0 spiro atoms. The van der Waals surface area contributed by atoms with Gasteiger partial charge < -0.3 is 30.1 Å². The maximum atomic E-state index is 13.5. The van der Waals surface area contributed by atoms with Gasteiger partial charge in [0.2, 0.25) is 11.8 Å². The summed E-state index contributed by atoms with van der Waals surface area (Å²) < 4.78 is 11.0. The molecule has 10 heteroatoms. The van der Waals surface area contributed by atoms with E-state index in [9.17, 15) is 24.3 Å². The molecule has 4 rings (SSSR count). The molecule has 2 fully saturated rings. The van der Waals surface area contributed by atoms with Crippen molar-refractivity contribution < 1.29 is 33.8 Å². The molecule has 4 atom stereocenters. The van der Waals surface area contributed by atoms with Gasteiger partial charge in [0.05, 0.1) is 24.6 Å². The summed E-state index contributed by atoms with van der Waals surface area (Å²) in [6.45, 7) is 0.562. The van der Waals surface area contributed by atoms with Crippen molar-refractivity contribution in [3.63, 3.8) is 0 Å². The fourth-order valence-corrected chi connectivity index (χ4v) is 6.18. The number of nitrogens with zero attached hydrogens (tertiary/aromatic N) is 1. The van der Waals surface area contributed by atoms with E-state index in [1.807, 2.05) is 30.3 Å². The van der Waals surface area contributed by atoms with Gasteiger partial charge >= 0.3 is 12.1 Å². The number of aliphatic hydroxyl groups excluding tert-OH is 1. The predicted octanol–water partition coefficient (Wildman–Crippen LogP) is 3.62. The number of benzene rings is 1. The Balaban J connectivity index is 1.44. The van der Waals surface area contributed by atoms with Gasteiger partial charge in [0.15, 0.2) is 0 Å². The predicted molar refractivity (Wildman–Crippen MR) is 156 cm³/mol. The van der Waals surface area contributed by atoms with Crippen LogP contribution in [0.15, 0.2) is 42.5 Å². The van der Waals surface area contributed by atoms with E-state index in [1.165, 1.54) is 6.42 Å². The first-order valence-corrected chi connectivity index (χ1v) is 15.4. The molecule has 0 aromatic heterocycles. The number of likely N-dealkylation sites (tertiary alicyclic amines) is 1. The minimum absolute atomic E-state index is 0.0125. The maximum absolute atomic E-state index is 13.5. The Morgan fingerprint density at radius 1 is 1.02 bits per heavy atom. The van der Waals surface area contributed by atoms with E-state index in [0.717, 1.165) is 44.1 Å². The summed E-state index contributed by atoms with van der Waals surface area (Å²) >= 11 is 0. The number of nitrogens with one attached hydrogen (secondary N) is 2. The molecule has 3 N–H and O–H groups in total. The SMILES string of the molecule is O=C(NC1CC=CCC(CC(=O)N2CCCC2CO)C(=O)NC(CC2CCCCC2)COC1=O)OCc1ccccc1. The Kier molecular flexibility index (Phi) is 12.2. The number of aliphatic hydroxyl groups is 1. The molecule has 1 aromatic rings. The first-order valence-electron chi connectivity index (χ1n) is 15.4. The normalized spacial score (nSPS) is 26.0. The summed E-state index contributed by atoms with van der Waals surface area (Å²) in [6, 6.07) is 7.72. The molecule has 1 saturated heterocycles. The number of amides is 3. The third-order valence-corrected chi connectivity index (χ3v) is 8.56. The molecule has 0 bridgehead atoms. The van der Waals surface area contributed by atoms with Crippen LogP contribution in [0.2, 0.25) is 0 Å². The van der Waals surface area contributed by atoms with E-state index < -0.39 is 30.1 Å². The smallest absolute Gasteiger partial charge is 0.408 e. The van der Waals surface area contributed by atoms with Crippen LogP contribution in [-0.2, 0) is 30.5 Å². The van der Waals surface area contributed by atoms with Crippen molar-refractivity contribution in [2.24, 2.45) is 11.8 Å². The monoisotopic (exact) mass is 583 g/mol. The number of alkyl carbamates (subject to hydrolysis) is 1. The Labute approximate surface area is 248 Å². The zero-order valence-corrected chi connectivity index (χ0v) is 24.4. The van der Waals surface area contributed by atoms with Gasteiger partial charge in [-0.3, -0.25) is 9.59 Å². The number of rotatable bonds is 8. The Bertz CT molecular complexity index is 1070. The molecule has 3 aliphatic rings. The second-order valence-electron chi connectivity index (χ2n) is 11.7. The zero-order valence-electron chi connectivity index (χ0n) is 24.4. The van der Waals surface area contributed by atoms with Gasteiger partial charge in [-0.2, -0.15) is 0 Å². The third kappa shape index (κ3) is 9.58. The van der Waals surface area contributed by atoms with E-state index in [1.54, 1.807) is 17.1 Å². The van der Waals surface area contributed by atoms with Crippen molar-refractivity contribution in [3.8, 4) is 0 Å². The lowest BCUT2D eigenvalue weighted by atomic mass is 9.84. The first-order chi connectivity index (χ1) is 20.4. The highest BCUT2D eigenvalue weighted by atomic mass is 16.6. The van der Waals surface area contributed by atoms with E-state index in [0.29, 0.717) is 25.3 Å². The lowest BCUT2D eigenvalue weighted by Gasteiger charge is -2.29. The van der Waals surface area contributed by atoms with E-state index >= 15 is 0 Å². The number of carbonyl (C=O) groups is 4. The van der Waals surface area contributed by atoms with Crippen LogP contribution in [0.1, 0.15) is 76.2 Å². The third-order valence-electron chi connectivity index (χ3n) is 8.56. The van der Waals surface area contributed by atoms with Gasteiger partial charge in [-0.05, 0) is 43.6 Å². The number of cyclic esters (lactones) is 1. The second-order valence-corrected chi connectivity index (χ2v) is 11.7. The van der Waals surface area contributed by atoms with Crippen LogP contribution < -0.4 is 10.6 Å². The molecular weight excluding hydrogens is 538 g/mol. The summed E-state index contributed by atoms with van der Waals surface area (Å²) in [4.78, 5) is 53.9. The van der Waals surface area contributed by atoms with Crippen molar-refractivity contribution in [1.82, 2.24) is 15.5 Å². The van der Waals surface area contributed by atoms with Crippen LogP contribution in [0.5, 0.6) is 0 Å². The van der Waals surface area contributed by atoms with Gasteiger partial charge in [0, 0.05) is 13.0 Å². The number of esters is 1. The van der Waals surface area contributed by atoms with Crippen LogP contribution in [-0.4, -0.2) is 71.8 Å². The molecule has 0 radical (unpaired) electrons. The van der Waals surface area contributed by atoms with Crippen LogP contribution >= 0.6 is 0 Å². The van der Waals surface area contributed by atoms with Crippen molar-refractivity contribution in [2.75, 3.05) is 19.8 Å². The largest absolute Gasteiger partial charge is 0.462 e. The molecule has 2 heterocycles. The summed E-state index contributed by atoms with van der Waals surface area (Å²) in [6.07, 6.45) is 11.2. The van der Waals surface area contributed by atoms with E-state index in [-0.39, 0.29) is 50.5 Å². The highest BCUT2D eigenvalue weighted by Crippen LogP contribution is 2.28. The molecule has 230 valence electrons. The van der Waals surface area contributed by atoms with Crippen molar-refractivity contribution in [2.45, 2.75) is 95.4 Å².